The van der Waals surface area contributed by atoms with Crippen LogP contribution in [0.1, 0.15) is 13.3 Å². The zero-order valence-corrected chi connectivity index (χ0v) is 7.46. The summed E-state index contributed by atoms with van der Waals surface area (Å²) in [7, 11) is 0. The molecular weight excluding hydrogens is 148 g/mol. The van der Waals surface area contributed by atoms with Gasteiger partial charge in [-0.25, -0.2) is 0 Å². The maximum Gasteiger partial charge on any atom is 0.0318 e. The summed E-state index contributed by atoms with van der Waals surface area (Å²) in [6.07, 6.45) is 9.18. The van der Waals surface area contributed by atoms with Crippen LogP contribution in [-0.2, 0) is 0 Å². The van der Waals surface area contributed by atoms with Crippen molar-refractivity contribution in [1.82, 2.24) is 0 Å². The molecule has 0 aromatic carbocycles. The quantitative estimate of drug-likeness (QED) is 0.646. The molecule has 1 atom stereocenters. The Morgan fingerprint density at radius 3 is 3.08 bits per heavy atom. The second-order valence-corrected chi connectivity index (χ2v) is 3.15. The lowest BCUT2D eigenvalue weighted by atomic mass is 9.94. The van der Waals surface area contributed by atoms with Gasteiger partial charge in [0.05, 0.1) is 0 Å². The van der Waals surface area contributed by atoms with Gasteiger partial charge in [0.15, 0.2) is 0 Å². The van der Waals surface area contributed by atoms with Gasteiger partial charge in [-0.2, -0.15) is 0 Å². The van der Waals surface area contributed by atoms with Gasteiger partial charge < -0.3 is 11.5 Å². The van der Waals surface area contributed by atoms with Gasteiger partial charge in [-0.05, 0) is 24.0 Å². The lowest BCUT2D eigenvalue weighted by molar-refractivity contribution is 0.710. The molecule has 0 aromatic heterocycles. The molecule has 0 radical (unpaired) electrons. The van der Waals surface area contributed by atoms with E-state index >= 15 is 0 Å². The van der Waals surface area contributed by atoms with Gasteiger partial charge in [-0.3, -0.25) is 0 Å². The third-order valence-corrected chi connectivity index (χ3v) is 1.99. The first-order valence-corrected chi connectivity index (χ1v) is 4.27. The molecule has 0 saturated carbocycles. The van der Waals surface area contributed by atoms with Crippen LogP contribution in [0.25, 0.3) is 0 Å². The van der Waals surface area contributed by atoms with Gasteiger partial charge >= 0.3 is 0 Å². The van der Waals surface area contributed by atoms with Gasteiger partial charge in [0, 0.05) is 12.2 Å². The second-order valence-electron chi connectivity index (χ2n) is 3.15. The molecule has 0 heterocycles. The third-order valence-electron chi connectivity index (χ3n) is 1.99. The van der Waals surface area contributed by atoms with Crippen molar-refractivity contribution in [3.8, 4) is 0 Å². The maximum absolute atomic E-state index is 5.80. The zero-order chi connectivity index (χ0) is 8.97. The standard InChI is InChI=1S/C10H16N2/c1-8-3-2-4-9(7-8)10(12)5-6-11/h2-5,8H,6-7,11-12H2,1H3/b10-5-. The van der Waals surface area contributed by atoms with Crippen LogP contribution in [0.2, 0.25) is 0 Å². The van der Waals surface area contributed by atoms with Crippen LogP contribution >= 0.6 is 0 Å². The normalized spacial score (nSPS) is 24.0. The van der Waals surface area contributed by atoms with Crippen molar-refractivity contribution in [2.45, 2.75) is 13.3 Å². The van der Waals surface area contributed by atoms with Gasteiger partial charge in [0.1, 0.15) is 0 Å². The Morgan fingerprint density at radius 2 is 2.50 bits per heavy atom. The van der Waals surface area contributed by atoms with Gasteiger partial charge in [0.2, 0.25) is 0 Å². The topological polar surface area (TPSA) is 52.0 Å². The number of allylic oxidation sites excluding steroid dienone is 4. The van der Waals surface area contributed by atoms with Crippen LogP contribution in [0.15, 0.2) is 35.6 Å². The van der Waals surface area contributed by atoms with E-state index < -0.39 is 0 Å². The van der Waals surface area contributed by atoms with Crippen molar-refractivity contribution in [1.29, 1.82) is 0 Å². The summed E-state index contributed by atoms with van der Waals surface area (Å²) >= 11 is 0. The summed E-state index contributed by atoms with van der Waals surface area (Å²) in [5.74, 6) is 0.592. The highest BCUT2D eigenvalue weighted by atomic mass is 14.6. The molecule has 1 rings (SSSR count). The SMILES string of the molecule is CC1C=CC=C(/C(N)=C/CN)C1. The molecular formula is C10H16N2. The summed E-state index contributed by atoms with van der Waals surface area (Å²) in [4.78, 5) is 0. The molecule has 1 aliphatic rings. The molecule has 2 nitrogen and oxygen atoms in total. The third kappa shape index (κ3) is 2.24. The molecule has 4 N–H and O–H groups in total. The van der Waals surface area contributed by atoms with Crippen molar-refractivity contribution in [2.24, 2.45) is 17.4 Å². The van der Waals surface area contributed by atoms with Crippen LogP contribution in [-0.4, -0.2) is 6.54 Å². The summed E-state index contributed by atoms with van der Waals surface area (Å²) < 4.78 is 0. The Bertz CT molecular complexity index is 236. The van der Waals surface area contributed by atoms with E-state index in [1.54, 1.807) is 0 Å². The number of hydrogen-bond donors (Lipinski definition) is 2. The largest absolute Gasteiger partial charge is 0.399 e. The first kappa shape index (κ1) is 9.07. The molecule has 0 bridgehead atoms. The highest BCUT2D eigenvalue weighted by molar-refractivity contribution is 5.34. The van der Waals surface area contributed by atoms with E-state index in [-0.39, 0.29) is 0 Å². The molecule has 1 aliphatic carbocycles. The Labute approximate surface area is 73.6 Å². The number of rotatable bonds is 2. The summed E-state index contributed by atoms with van der Waals surface area (Å²) in [5.41, 5.74) is 13.2. The van der Waals surface area contributed by atoms with E-state index in [4.69, 9.17) is 11.5 Å². The van der Waals surface area contributed by atoms with E-state index in [1.165, 1.54) is 5.57 Å². The molecule has 0 amide bonds. The summed E-state index contributed by atoms with van der Waals surface area (Å²) in [5, 5.41) is 0. The van der Waals surface area contributed by atoms with Crippen molar-refractivity contribution >= 4 is 0 Å². The molecule has 0 saturated heterocycles. The second kappa shape index (κ2) is 4.12. The highest BCUT2D eigenvalue weighted by Gasteiger charge is 2.07. The van der Waals surface area contributed by atoms with Crippen LogP contribution in [0, 0.1) is 5.92 Å². The highest BCUT2D eigenvalue weighted by Crippen LogP contribution is 2.21. The average molecular weight is 164 g/mol. The smallest absolute Gasteiger partial charge is 0.0318 e. The Morgan fingerprint density at radius 1 is 1.75 bits per heavy atom. The first-order valence-electron chi connectivity index (χ1n) is 4.27. The fourth-order valence-electron chi connectivity index (χ4n) is 1.32. The Balaban J connectivity index is 2.69. The van der Waals surface area contributed by atoms with Crippen LogP contribution in [0.4, 0.5) is 0 Å². The molecule has 2 heteroatoms. The zero-order valence-electron chi connectivity index (χ0n) is 7.46. The molecule has 0 spiro atoms. The lowest BCUT2D eigenvalue weighted by Crippen LogP contribution is -2.09. The maximum atomic E-state index is 5.80. The fraction of sp³-hybridized carbons (Fsp3) is 0.400. The molecule has 1 unspecified atom stereocenters. The minimum atomic E-state index is 0.515. The molecule has 66 valence electrons. The first-order chi connectivity index (χ1) is 5.74. The van der Waals surface area contributed by atoms with E-state index in [2.05, 4.69) is 25.2 Å². The number of nitrogens with two attached hydrogens (primary N) is 2. The minimum Gasteiger partial charge on any atom is -0.399 e. The number of hydrogen-bond acceptors (Lipinski definition) is 2. The van der Waals surface area contributed by atoms with E-state index in [1.807, 2.05) is 6.08 Å². The van der Waals surface area contributed by atoms with Crippen molar-refractivity contribution in [3.05, 3.63) is 35.6 Å². The van der Waals surface area contributed by atoms with E-state index in [9.17, 15) is 0 Å². The fourth-order valence-corrected chi connectivity index (χ4v) is 1.32. The van der Waals surface area contributed by atoms with E-state index in [0.29, 0.717) is 12.5 Å². The van der Waals surface area contributed by atoms with Crippen molar-refractivity contribution < 1.29 is 0 Å². The van der Waals surface area contributed by atoms with Crippen LogP contribution < -0.4 is 11.5 Å². The summed E-state index contributed by atoms with van der Waals surface area (Å²) in [6, 6.07) is 0. The Hall–Kier alpha value is -1.02. The predicted octanol–water partition coefficient (Wildman–Crippen LogP) is 1.31. The van der Waals surface area contributed by atoms with Crippen molar-refractivity contribution in [3.63, 3.8) is 0 Å². The predicted molar refractivity (Wildman–Crippen MR) is 52.3 cm³/mol. The van der Waals surface area contributed by atoms with Gasteiger partial charge in [-0.15, -0.1) is 0 Å². The van der Waals surface area contributed by atoms with E-state index in [0.717, 1.165) is 12.1 Å². The Kier molecular flexibility index (Phi) is 3.11. The van der Waals surface area contributed by atoms with Crippen LogP contribution in [0.5, 0.6) is 0 Å². The molecule has 0 aliphatic heterocycles. The minimum absolute atomic E-state index is 0.515. The van der Waals surface area contributed by atoms with Gasteiger partial charge in [0.25, 0.3) is 0 Å². The molecule has 0 fully saturated rings. The van der Waals surface area contributed by atoms with Gasteiger partial charge in [-0.1, -0.05) is 25.2 Å². The monoisotopic (exact) mass is 164 g/mol. The molecule has 12 heavy (non-hydrogen) atoms. The van der Waals surface area contributed by atoms with Crippen LogP contribution in [0.3, 0.4) is 0 Å². The summed E-state index contributed by atoms with van der Waals surface area (Å²) in [6.45, 7) is 2.69. The molecule has 0 aromatic rings. The van der Waals surface area contributed by atoms with Crippen molar-refractivity contribution in [2.75, 3.05) is 6.54 Å². The lowest BCUT2D eigenvalue weighted by Gasteiger charge is -2.14. The average Bonchev–Trinajstić information content (AvgIpc) is 2.05.